The lowest BCUT2D eigenvalue weighted by atomic mass is 10.3. The molecule has 0 saturated carbocycles. The third-order valence-electron chi connectivity index (χ3n) is 2.53. The van der Waals surface area contributed by atoms with Crippen molar-refractivity contribution in [1.29, 1.82) is 0 Å². The first-order valence-electron chi connectivity index (χ1n) is 5.66. The Hall–Kier alpha value is -1.99. The molecule has 0 aliphatic heterocycles. The number of fused-ring (bicyclic) bond motifs is 1. The molecule has 9 heteroatoms. The number of hydrogen-bond donors (Lipinski definition) is 2. The maximum atomic E-state index is 10.7. The maximum Gasteiger partial charge on any atom is 0.438 e. The molecule has 0 fully saturated rings. The molecule has 0 amide bonds. The summed E-state index contributed by atoms with van der Waals surface area (Å²) < 4.78 is 9.85. The number of nitrogens with one attached hydrogen (secondary N) is 2. The van der Waals surface area contributed by atoms with Crippen LogP contribution < -0.4 is 11.1 Å². The standard InChI is InChI=1S/C11H8Cl2N4O3/c12-5-3-6(13)9-7(4-5)15-10(19-9)14-2-1-8-16-11(18)20-17-8/h3-4H,1-2H2,(H,14,15)(H,16,17,18). The van der Waals surface area contributed by atoms with Crippen molar-refractivity contribution < 1.29 is 8.94 Å². The van der Waals surface area contributed by atoms with E-state index in [-0.39, 0.29) is 0 Å². The molecular formula is C11H8Cl2N4O3. The Balaban J connectivity index is 1.71. The second-order valence-electron chi connectivity index (χ2n) is 3.97. The fraction of sp³-hybridized carbons (Fsp3) is 0.182. The predicted octanol–water partition coefficient (Wildman–Crippen LogP) is 2.47. The second-order valence-corrected chi connectivity index (χ2v) is 4.82. The largest absolute Gasteiger partial charge is 0.438 e. The van der Waals surface area contributed by atoms with Gasteiger partial charge in [-0.15, -0.1) is 0 Å². The van der Waals surface area contributed by atoms with Crippen LogP contribution in [0.25, 0.3) is 11.1 Å². The van der Waals surface area contributed by atoms with Gasteiger partial charge in [0.25, 0.3) is 6.01 Å². The van der Waals surface area contributed by atoms with E-state index >= 15 is 0 Å². The predicted molar refractivity (Wildman–Crippen MR) is 73.3 cm³/mol. The number of hydrogen-bond acceptors (Lipinski definition) is 6. The molecule has 0 spiro atoms. The van der Waals surface area contributed by atoms with Crippen molar-refractivity contribution in [3.8, 4) is 0 Å². The van der Waals surface area contributed by atoms with Gasteiger partial charge >= 0.3 is 5.76 Å². The van der Waals surface area contributed by atoms with Gasteiger partial charge in [-0.05, 0) is 12.1 Å². The van der Waals surface area contributed by atoms with Crippen molar-refractivity contribution >= 4 is 40.3 Å². The van der Waals surface area contributed by atoms with Crippen molar-refractivity contribution in [2.45, 2.75) is 6.42 Å². The third kappa shape index (κ3) is 2.63. The van der Waals surface area contributed by atoms with E-state index in [1.54, 1.807) is 12.1 Å². The summed E-state index contributed by atoms with van der Waals surface area (Å²) in [5, 5.41) is 7.38. The molecular weight excluding hydrogens is 307 g/mol. The topological polar surface area (TPSA) is 97.0 Å². The van der Waals surface area contributed by atoms with Gasteiger partial charge in [0.15, 0.2) is 11.4 Å². The molecule has 0 bridgehead atoms. The Labute approximate surface area is 121 Å². The van der Waals surface area contributed by atoms with Crippen LogP contribution in [0.2, 0.25) is 10.0 Å². The SMILES string of the molecule is O=c1[nH]c(CCNc2nc3cc(Cl)cc(Cl)c3o2)no1. The quantitative estimate of drug-likeness (QED) is 0.767. The highest BCUT2D eigenvalue weighted by Crippen LogP contribution is 2.29. The van der Waals surface area contributed by atoms with Crippen LogP contribution in [0.4, 0.5) is 6.01 Å². The normalized spacial score (nSPS) is 11.1. The molecule has 0 unspecified atom stereocenters. The van der Waals surface area contributed by atoms with E-state index in [0.29, 0.717) is 45.9 Å². The Morgan fingerprint density at radius 1 is 1.35 bits per heavy atom. The molecule has 0 radical (unpaired) electrons. The van der Waals surface area contributed by atoms with Crippen LogP contribution >= 0.6 is 23.2 Å². The summed E-state index contributed by atoms with van der Waals surface area (Å²) in [6.45, 7) is 0.459. The maximum absolute atomic E-state index is 10.7. The molecule has 20 heavy (non-hydrogen) atoms. The smallest absolute Gasteiger partial charge is 0.422 e. The number of nitrogens with zero attached hydrogens (tertiary/aromatic N) is 2. The molecule has 104 valence electrons. The van der Waals surface area contributed by atoms with E-state index in [0.717, 1.165) is 0 Å². The minimum atomic E-state index is -0.580. The fourth-order valence-electron chi connectivity index (χ4n) is 1.69. The molecule has 2 N–H and O–H groups in total. The lowest BCUT2D eigenvalue weighted by molar-refractivity contribution is 0.381. The lowest BCUT2D eigenvalue weighted by Gasteiger charge is -1.97. The highest BCUT2D eigenvalue weighted by Gasteiger charge is 2.10. The van der Waals surface area contributed by atoms with Crippen LogP contribution in [0.1, 0.15) is 5.82 Å². The Bertz CT molecular complexity index is 807. The van der Waals surface area contributed by atoms with Gasteiger partial charge in [0.1, 0.15) is 5.52 Å². The number of anilines is 1. The Kier molecular flexibility index (Phi) is 3.37. The van der Waals surface area contributed by atoms with Crippen molar-refractivity contribution in [1.82, 2.24) is 15.1 Å². The minimum absolute atomic E-state index is 0.315. The third-order valence-corrected chi connectivity index (χ3v) is 3.03. The number of halogens is 2. The lowest BCUT2D eigenvalue weighted by Crippen LogP contribution is -2.07. The van der Waals surface area contributed by atoms with Crippen LogP contribution in [0.15, 0.2) is 25.9 Å². The molecule has 0 aliphatic rings. The van der Waals surface area contributed by atoms with Crippen molar-refractivity contribution in [2.24, 2.45) is 0 Å². The summed E-state index contributed by atoms with van der Waals surface area (Å²) in [4.78, 5) is 17.4. The Morgan fingerprint density at radius 3 is 2.95 bits per heavy atom. The van der Waals surface area contributed by atoms with Crippen LogP contribution in [0.3, 0.4) is 0 Å². The molecule has 0 saturated heterocycles. The van der Waals surface area contributed by atoms with Crippen LogP contribution in [-0.4, -0.2) is 21.7 Å². The van der Waals surface area contributed by atoms with Gasteiger partial charge in [0.05, 0.1) is 5.02 Å². The van der Waals surface area contributed by atoms with E-state index in [9.17, 15) is 4.79 Å². The summed E-state index contributed by atoms with van der Waals surface area (Å²) >= 11 is 11.9. The average molecular weight is 315 g/mol. The average Bonchev–Trinajstić information content (AvgIpc) is 2.96. The first kappa shape index (κ1) is 13.0. The summed E-state index contributed by atoms with van der Waals surface area (Å²) in [5.41, 5.74) is 1.04. The van der Waals surface area contributed by atoms with Gasteiger partial charge in [0.2, 0.25) is 0 Å². The van der Waals surface area contributed by atoms with Crippen LogP contribution in [0.5, 0.6) is 0 Å². The van der Waals surface area contributed by atoms with Gasteiger partial charge in [-0.1, -0.05) is 28.4 Å². The van der Waals surface area contributed by atoms with Gasteiger partial charge in [-0.2, -0.15) is 4.98 Å². The zero-order chi connectivity index (χ0) is 14.1. The highest BCUT2D eigenvalue weighted by atomic mass is 35.5. The molecule has 7 nitrogen and oxygen atoms in total. The molecule has 2 aromatic heterocycles. The number of oxazole rings is 1. The first-order valence-corrected chi connectivity index (χ1v) is 6.42. The second kappa shape index (κ2) is 5.18. The summed E-state index contributed by atoms with van der Waals surface area (Å²) in [6, 6.07) is 3.56. The first-order chi connectivity index (χ1) is 9.61. The van der Waals surface area contributed by atoms with E-state index in [2.05, 4.69) is 25.0 Å². The molecule has 0 atom stereocenters. The van der Waals surface area contributed by atoms with E-state index in [1.165, 1.54) is 0 Å². The van der Waals surface area contributed by atoms with Gasteiger partial charge in [0, 0.05) is 18.0 Å². The van der Waals surface area contributed by atoms with E-state index < -0.39 is 5.76 Å². The van der Waals surface area contributed by atoms with E-state index in [4.69, 9.17) is 27.6 Å². The van der Waals surface area contributed by atoms with Gasteiger partial charge in [-0.25, -0.2) is 4.79 Å². The zero-order valence-corrected chi connectivity index (χ0v) is 11.5. The minimum Gasteiger partial charge on any atom is -0.422 e. The summed E-state index contributed by atoms with van der Waals surface area (Å²) in [5.74, 6) is -0.136. The summed E-state index contributed by atoms with van der Waals surface area (Å²) in [6.07, 6.45) is 0.457. The van der Waals surface area contributed by atoms with Crippen molar-refractivity contribution in [3.63, 3.8) is 0 Å². The number of benzene rings is 1. The summed E-state index contributed by atoms with van der Waals surface area (Å²) in [7, 11) is 0. The molecule has 3 rings (SSSR count). The highest BCUT2D eigenvalue weighted by molar-refractivity contribution is 6.38. The van der Waals surface area contributed by atoms with Crippen molar-refractivity contribution in [2.75, 3.05) is 11.9 Å². The molecule has 1 aromatic carbocycles. The van der Waals surface area contributed by atoms with Crippen molar-refractivity contribution in [3.05, 3.63) is 38.6 Å². The van der Waals surface area contributed by atoms with E-state index in [1.807, 2.05) is 0 Å². The fourth-order valence-corrected chi connectivity index (χ4v) is 2.21. The number of H-pyrrole nitrogens is 1. The Morgan fingerprint density at radius 2 is 2.20 bits per heavy atom. The van der Waals surface area contributed by atoms with Gasteiger partial charge in [-0.3, -0.25) is 9.51 Å². The molecule has 0 aliphatic carbocycles. The molecule has 3 aromatic rings. The van der Waals surface area contributed by atoms with Crippen LogP contribution in [-0.2, 0) is 6.42 Å². The molecule has 2 heterocycles. The zero-order valence-electron chi connectivity index (χ0n) is 9.94. The monoisotopic (exact) mass is 314 g/mol. The number of aromatic nitrogens is 3. The van der Waals surface area contributed by atoms with Crippen LogP contribution in [0, 0.1) is 0 Å². The number of rotatable bonds is 4. The van der Waals surface area contributed by atoms with Gasteiger partial charge < -0.3 is 9.73 Å². The number of aromatic amines is 1.